The van der Waals surface area contributed by atoms with E-state index in [1.807, 2.05) is 24.3 Å². The molecule has 1 amide bonds. The van der Waals surface area contributed by atoms with Gasteiger partial charge in [-0.2, -0.15) is 0 Å². The molecule has 0 aliphatic rings. The van der Waals surface area contributed by atoms with Crippen LogP contribution in [0, 0.1) is 0 Å². The first kappa shape index (κ1) is 22.8. The minimum atomic E-state index is -1.16. The second-order valence-corrected chi connectivity index (χ2v) is 8.16. The summed E-state index contributed by atoms with van der Waals surface area (Å²) < 4.78 is 0. The van der Waals surface area contributed by atoms with Gasteiger partial charge in [-0.15, -0.1) is 0 Å². The van der Waals surface area contributed by atoms with Crippen molar-refractivity contribution in [2.75, 3.05) is 0 Å². The van der Waals surface area contributed by atoms with Crippen LogP contribution in [0.15, 0.2) is 77.1 Å². The normalized spacial score (nSPS) is 11.9. The van der Waals surface area contributed by atoms with Gasteiger partial charge in [-0.1, -0.05) is 53.6 Å². The zero-order chi connectivity index (χ0) is 22.2. The molecule has 158 valence electrons. The van der Waals surface area contributed by atoms with Crippen molar-refractivity contribution in [3.63, 3.8) is 0 Å². The van der Waals surface area contributed by atoms with Gasteiger partial charge in [-0.3, -0.25) is 4.79 Å². The van der Waals surface area contributed by atoms with E-state index in [1.165, 1.54) is 23.9 Å². The number of carbonyl (C=O) groups excluding carboxylic acids is 1. The predicted molar refractivity (Wildman–Crippen MR) is 122 cm³/mol. The number of nitrogens with one attached hydrogen (secondary N) is 1. The van der Waals surface area contributed by atoms with Crippen molar-refractivity contribution >= 4 is 52.9 Å². The van der Waals surface area contributed by atoms with Gasteiger partial charge >= 0.3 is 5.97 Å². The lowest BCUT2D eigenvalue weighted by Crippen LogP contribution is -2.40. The molecular formula is C22H17Cl2N3O3S. The molecule has 2 aromatic carbocycles. The molecule has 0 bridgehead atoms. The van der Waals surface area contributed by atoms with E-state index in [-0.39, 0.29) is 22.0 Å². The maximum absolute atomic E-state index is 12.4. The molecule has 31 heavy (non-hydrogen) atoms. The van der Waals surface area contributed by atoms with Gasteiger partial charge in [0.25, 0.3) is 5.91 Å². The van der Waals surface area contributed by atoms with Crippen molar-refractivity contribution in [1.29, 1.82) is 0 Å². The quantitative estimate of drug-likeness (QED) is 0.435. The summed E-state index contributed by atoms with van der Waals surface area (Å²) in [5.74, 6) is -1.79. The second kappa shape index (κ2) is 10.9. The largest absolute Gasteiger partial charge is 0.480 e. The number of carboxylic acids is 1. The van der Waals surface area contributed by atoms with Gasteiger partial charge < -0.3 is 10.4 Å². The Morgan fingerprint density at radius 2 is 1.68 bits per heavy atom. The molecule has 0 fully saturated rings. The lowest BCUT2D eigenvalue weighted by Gasteiger charge is -2.14. The zero-order valence-electron chi connectivity index (χ0n) is 16.0. The molecular weight excluding hydrogens is 457 g/mol. The summed E-state index contributed by atoms with van der Waals surface area (Å²) in [7, 11) is 0. The first-order chi connectivity index (χ1) is 14.9. The van der Waals surface area contributed by atoms with Gasteiger partial charge in [0, 0.05) is 17.3 Å². The molecule has 3 aromatic rings. The SMILES string of the molecule is O=C(NC(C/C=C/c1ccc(Sc2ncccn2)cc1)C(=O)O)c1c(Cl)cccc1Cl. The number of amides is 1. The maximum atomic E-state index is 12.4. The van der Waals surface area contributed by atoms with E-state index in [9.17, 15) is 14.7 Å². The monoisotopic (exact) mass is 473 g/mol. The van der Waals surface area contributed by atoms with Crippen molar-refractivity contribution in [3.8, 4) is 0 Å². The molecule has 1 heterocycles. The summed E-state index contributed by atoms with van der Waals surface area (Å²) in [6.45, 7) is 0. The first-order valence-electron chi connectivity index (χ1n) is 9.13. The molecule has 0 aliphatic carbocycles. The highest BCUT2D eigenvalue weighted by Gasteiger charge is 2.22. The Kier molecular flexibility index (Phi) is 8.06. The maximum Gasteiger partial charge on any atom is 0.326 e. The molecule has 2 N–H and O–H groups in total. The zero-order valence-corrected chi connectivity index (χ0v) is 18.4. The van der Waals surface area contributed by atoms with Crippen molar-refractivity contribution in [3.05, 3.63) is 88.2 Å². The van der Waals surface area contributed by atoms with Crippen LogP contribution in [0.1, 0.15) is 22.3 Å². The highest BCUT2D eigenvalue weighted by atomic mass is 35.5. The van der Waals surface area contributed by atoms with E-state index in [1.54, 1.807) is 36.7 Å². The number of hydrogen-bond acceptors (Lipinski definition) is 5. The van der Waals surface area contributed by atoms with Crippen molar-refractivity contribution in [1.82, 2.24) is 15.3 Å². The summed E-state index contributed by atoms with van der Waals surface area (Å²) in [5, 5.41) is 12.9. The highest BCUT2D eigenvalue weighted by Crippen LogP contribution is 2.25. The van der Waals surface area contributed by atoms with E-state index in [0.717, 1.165) is 10.5 Å². The molecule has 3 rings (SSSR count). The summed E-state index contributed by atoms with van der Waals surface area (Å²) in [4.78, 5) is 33.3. The highest BCUT2D eigenvalue weighted by molar-refractivity contribution is 7.99. The number of aromatic nitrogens is 2. The molecule has 1 unspecified atom stereocenters. The molecule has 0 saturated heterocycles. The Hall–Kier alpha value is -2.87. The third-order valence-electron chi connectivity index (χ3n) is 4.11. The van der Waals surface area contributed by atoms with Gasteiger partial charge in [-0.25, -0.2) is 14.8 Å². The number of aliphatic carboxylic acids is 1. The standard InChI is InChI=1S/C22H17Cl2N3O3S/c23-16-5-2-6-17(24)19(16)20(28)27-18(21(29)30)7-1-4-14-8-10-15(11-9-14)31-22-25-12-3-13-26-22/h1-6,8-13,18H,7H2,(H,27,28)(H,29,30)/b4-1+. The van der Waals surface area contributed by atoms with Gasteiger partial charge in [0.1, 0.15) is 6.04 Å². The second-order valence-electron chi connectivity index (χ2n) is 6.30. The molecule has 0 aliphatic heterocycles. The molecule has 0 radical (unpaired) electrons. The minimum Gasteiger partial charge on any atom is -0.480 e. The van der Waals surface area contributed by atoms with Gasteiger partial charge in [0.05, 0.1) is 15.6 Å². The van der Waals surface area contributed by atoms with Crippen LogP contribution >= 0.6 is 35.0 Å². The lowest BCUT2D eigenvalue weighted by atomic mass is 10.1. The number of nitrogens with zero attached hydrogens (tertiary/aromatic N) is 2. The fourth-order valence-corrected chi connectivity index (χ4v) is 3.88. The number of benzene rings is 2. The number of carbonyl (C=O) groups is 2. The molecule has 0 spiro atoms. The van der Waals surface area contributed by atoms with E-state index in [2.05, 4.69) is 15.3 Å². The third kappa shape index (κ3) is 6.55. The molecule has 6 nitrogen and oxygen atoms in total. The van der Waals surface area contributed by atoms with Gasteiger partial charge in [-0.05, 0) is 54.1 Å². The fourth-order valence-electron chi connectivity index (χ4n) is 2.60. The van der Waals surface area contributed by atoms with Crippen LogP contribution in [0.4, 0.5) is 0 Å². The lowest BCUT2D eigenvalue weighted by molar-refractivity contribution is -0.139. The third-order valence-corrected chi connectivity index (χ3v) is 5.64. The van der Waals surface area contributed by atoms with Crippen molar-refractivity contribution in [2.24, 2.45) is 0 Å². The Labute approximate surface area is 193 Å². The van der Waals surface area contributed by atoms with Crippen LogP contribution in [-0.2, 0) is 4.79 Å². The predicted octanol–water partition coefficient (Wildman–Crippen LogP) is 5.22. The van der Waals surface area contributed by atoms with E-state index in [4.69, 9.17) is 23.2 Å². The Morgan fingerprint density at radius 3 is 2.29 bits per heavy atom. The van der Waals surface area contributed by atoms with E-state index < -0.39 is 17.9 Å². The summed E-state index contributed by atoms with van der Waals surface area (Å²) in [5.41, 5.74) is 0.944. The van der Waals surface area contributed by atoms with Crippen LogP contribution < -0.4 is 5.32 Å². The van der Waals surface area contributed by atoms with Crippen LogP contribution in [0.25, 0.3) is 6.08 Å². The average Bonchev–Trinajstić information content (AvgIpc) is 2.75. The minimum absolute atomic E-state index is 0.0524. The van der Waals surface area contributed by atoms with E-state index >= 15 is 0 Å². The smallest absolute Gasteiger partial charge is 0.326 e. The van der Waals surface area contributed by atoms with E-state index in [0.29, 0.717) is 5.16 Å². The Bertz CT molecular complexity index is 1070. The van der Waals surface area contributed by atoms with Crippen molar-refractivity contribution < 1.29 is 14.7 Å². The number of rotatable bonds is 8. The summed E-state index contributed by atoms with van der Waals surface area (Å²) >= 11 is 13.5. The fraction of sp³-hybridized carbons (Fsp3) is 0.0909. The summed E-state index contributed by atoms with van der Waals surface area (Å²) in [6.07, 6.45) is 6.94. The molecule has 9 heteroatoms. The van der Waals surface area contributed by atoms with Crippen LogP contribution in [0.5, 0.6) is 0 Å². The Morgan fingerprint density at radius 1 is 1.03 bits per heavy atom. The summed E-state index contributed by atoms with van der Waals surface area (Å²) in [6, 6.07) is 12.9. The average molecular weight is 474 g/mol. The van der Waals surface area contributed by atoms with Crippen molar-refractivity contribution in [2.45, 2.75) is 22.5 Å². The van der Waals surface area contributed by atoms with Gasteiger partial charge in [0.15, 0.2) is 5.16 Å². The number of hydrogen-bond donors (Lipinski definition) is 2. The number of halogens is 2. The van der Waals surface area contributed by atoms with Gasteiger partial charge in [0.2, 0.25) is 0 Å². The topological polar surface area (TPSA) is 92.2 Å². The van der Waals surface area contributed by atoms with Crippen LogP contribution in [0.2, 0.25) is 10.0 Å². The molecule has 1 aromatic heterocycles. The molecule has 0 saturated carbocycles. The number of carboxylic acid groups (broad SMARTS) is 1. The Balaban J connectivity index is 1.61. The molecule has 1 atom stereocenters. The first-order valence-corrected chi connectivity index (χ1v) is 10.7. The van der Waals surface area contributed by atoms with Crippen LogP contribution in [0.3, 0.4) is 0 Å². The van der Waals surface area contributed by atoms with Crippen LogP contribution in [-0.4, -0.2) is 33.0 Å².